The van der Waals surface area contributed by atoms with Crippen LogP contribution in [-0.4, -0.2) is 12.8 Å². The summed E-state index contributed by atoms with van der Waals surface area (Å²) in [4.78, 5) is 11.2. The number of carbonyl (C=O) groups excluding carboxylic acids is 1. The Morgan fingerprint density at radius 3 is 2.14 bits per heavy atom. The lowest BCUT2D eigenvalue weighted by molar-refractivity contribution is 0.104. The van der Waals surface area contributed by atoms with Gasteiger partial charge in [0.1, 0.15) is 5.75 Å². The number of unbranched alkanes of at least 4 members (excludes halogenated alkanes) is 6. The largest absolute Gasteiger partial charge is 0.513 e. The Kier molecular flexibility index (Phi) is 9.34. The molecule has 0 bridgehead atoms. The van der Waals surface area contributed by atoms with Gasteiger partial charge in [-0.3, -0.25) is 0 Å². The van der Waals surface area contributed by atoms with Crippen molar-refractivity contribution in [1.29, 1.82) is 0 Å². The molecule has 0 aliphatic carbocycles. The predicted octanol–water partition coefficient (Wildman–Crippen LogP) is 5.52. The molecule has 21 heavy (non-hydrogen) atoms. The third kappa shape index (κ3) is 8.38. The molecule has 0 heterocycles. The van der Waals surface area contributed by atoms with E-state index in [1.165, 1.54) is 50.5 Å². The summed E-state index contributed by atoms with van der Waals surface area (Å²) in [5.41, 5.74) is 1.29. The average Bonchev–Trinajstić information content (AvgIpc) is 2.48. The summed E-state index contributed by atoms with van der Waals surface area (Å²) >= 11 is 0. The number of ether oxygens (including phenoxy) is 2. The first-order chi connectivity index (χ1) is 10.3. The van der Waals surface area contributed by atoms with Crippen LogP contribution in [0.15, 0.2) is 24.3 Å². The van der Waals surface area contributed by atoms with Crippen LogP contribution >= 0.6 is 0 Å². The standard InChI is InChI=1S/C18H28O3/c1-3-5-6-7-8-9-10-11-16-12-14-17(15-13-16)21-18(19)20-4-2/h12-15H,3-11H2,1-2H3. The van der Waals surface area contributed by atoms with Crippen molar-refractivity contribution in [3.05, 3.63) is 29.8 Å². The maximum Gasteiger partial charge on any atom is 0.513 e. The van der Waals surface area contributed by atoms with Crippen molar-refractivity contribution in [2.45, 2.75) is 65.2 Å². The molecule has 0 unspecified atom stereocenters. The molecule has 3 nitrogen and oxygen atoms in total. The highest BCUT2D eigenvalue weighted by Gasteiger charge is 2.04. The molecular formula is C18H28O3. The lowest BCUT2D eigenvalue weighted by Gasteiger charge is -2.05. The second-order valence-corrected chi connectivity index (χ2v) is 5.30. The molecule has 0 N–H and O–H groups in total. The Balaban J connectivity index is 2.17. The second-order valence-electron chi connectivity index (χ2n) is 5.30. The van der Waals surface area contributed by atoms with Gasteiger partial charge < -0.3 is 9.47 Å². The maximum absolute atomic E-state index is 11.2. The minimum atomic E-state index is -0.641. The third-order valence-electron chi connectivity index (χ3n) is 3.46. The van der Waals surface area contributed by atoms with E-state index in [4.69, 9.17) is 9.47 Å². The van der Waals surface area contributed by atoms with Crippen molar-refractivity contribution >= 4 is 6.16 Å². The van der Waals surface area contributed by atoms with Crippen LogP contribution in [-0.2, 0) is 11.2 Å². The van der Waals surface area contributed by atoms with Crippen molar-refractivity contribution in [2.75, 3.05) is 6.61 Å². The lowest BCUT2D eigenvalue weighted by Crippen LogP contribution is -2.09. The van der Waals surface area contributed by atoms with Crippen molar-refractivity contribution in [3.8, 4) is 5.75 Å². The van der Waals surface area contributed by atoms with Gasteiger partial charge in [0.15, 0.2) is 0 Å². The molecule has 0 aromatic heterocycles. The van der Waals surface area contributed by atoms with E-state index in [0.717, 1.165) is 6.42 Å². The van der Waals surface area contributed by atoms with E-state index in [1.807, 2.05) is 24.3 Å². The molecule has 0 radical (unpaired) electrons. The Bertz CT molecular complexity index is 384. The highest BCUT2D eigenvalue weighted by atomic mass is 16.7. The Morgan fingerprint density at radius 1 is 0.905 bits per heavy atom. The molecule has 118 valence electrons. The number of benzene rings is 1. The minimum Gasteiger partial charge on any atom is -0.434 e. The SMILES string of the molecule is CCCCCCCCCc1ccc(OC(=O)OCC)cc1. The zero-order chi connectivity index (χ0) is 15.3. The van der Waals surface area contributed by atoms with Crippen LogP contribution in [0.5, 0.6) is 5.75 Å². The molecule has 0 saturated heterocycles. The molecule has 0 fully saturated rings. The zero-order valence-electron chi connectivity index (χ0n) is 13.4. The van der Waals surface area contributed by atoms with Gasteiger partial charge in [-0.2, -0.15) is 0 Å². The molecule has 1 rings (SSSR count). The molecule has 3 heteroatoms. The lowest BCUT2D eigenvalue weighted by atomic mass is 10.0. The van der Waals surface area contributed by atoms with Gasteiger partial charge in [0.05, 0.1) is 6.61 Å². The molecule has 0 aliphatic heterocycles. The van der Waals surface area contributed by atoms with E-state index in [-0.39, 0.29) is 0 Å². The number of rotatable bonds is 10. The summed E-state index contributed by atoms with van der Waals surface area (Å²) in [7, 11) is 0. The van der Waals surface area contributed by atoms with Gasteiger partial charge in [-0.25, -0.2) is 4.79 Å². The molecule has 0 spiro atoms. The fourth-order valence-electron chi connectivity index (χ4n) is 2.25. The Labute approximate surface area is 128 Å². The van der Waals surface area contributed by atoms with Crippen LogP contribution in [0.4, 0.5) is 4.79 Å². The topological polar surface area (TPSA) is 35.5 Å². The van der Waals surface area contributed by atoms with Crippen molar-refractivity contribution < 1.29 is 14.3 Å². The number of hydrogen-bond acceptors (Lipinski definition) is 3. The van der Waals surface area contributed by atoms with E-state index in [1.54, 1.807) is 6.92 Å². The number of hydrogen-bond donors (Lipinski definition) is 0. The van der Waals surface area contributed by atoms with Crippen LogP contribution in [0.2, 0.25) is 0 Å². The summed E-state index contributed by atoms with van der Waals surface area (Å²) in [6.07, 6.45) is 9.71. The van der Waals surface area contributed by atoms with Crippen LogP contribution in [0, 0.1) is 0 Å². The van der Waals surface area contributed by atoms with Crippen molar-refractivity contribution in [1.82, 2.24) is 0 Å². The summed E-state index contributed by atoms with van der Waals surface area (Å²) in [5.74, 6) is 0.539. The van der Waals surface area contributed by atoms with Gasteiger partial charge >= 0.3 is 6.16 Å². The fraction of sp³-hybridized carbons (Fsp3) is 0.611. The van der Waals surface area contributed by atoms with Crippen LogP contribution in [0.3, 0.4) is 0 Å². The van der Waals surface area contributed by atoms with Gasteiger partial charge in [-0.15, -0.1) is 0 Å². The Morgan fingerprint density at radius 2 is 1.52 bits per heavy atom. The smallest absolute Gasteiger partial charge is 0.434 e. The van der Waals surface area contributed by atoms with Crippen LogP contribution < -0.4 is 4.74 Å². The first-order valence-electron chi connectivity index (χ1n) is 8.19. The van der Waals surface area contributed by atoms with E-state index < -0.39 is 6.16 Å². The normalized spacial score (nSPS) is 10.4. The monoisotopic (exact) mass is 292 g/mol. The highest BCUT2D eigenvalue weighted by molar-refractivity contribution is 5.63. The Hall–Kier alpha value is -1.51. The van der Waals surface area contributed by atoms with Gasteiger partial charge in [0.2, 0.25) is 0 Å². The summed E-state index contributed by atoms with van der Waals surface area (Å²) in [6, 6.07) is 7.69. The summed E-state index contributed by atoms with van der Waals surface area (Å²) in [5, 5.41) is 0. The third-order valence-corrected chi connectivity index (χ3v) is 3.46. The van der Waals surface area contributed by atoms with Crippen molar-refractivity contribution in [2.24, 2.45) is 0 Å². The second kappa shape index (κ2) is 11.2. The summed E-state index contributed by atoms with van der Waals surface area (Å²) < 4.78 is 9.76. The summed E-state index contributed by atoms with van der Waals surface area (Å²) in [6.45, 7) is 4.33. The molecular weight excluding hydrogens is 264 g/mol. The van der Waals surface area contributed by atoms with Gasteiger partial charge in [0, 0.05) is 0 Å². The fourth-order valence-corrected chi connectivity index (χ4v) is 2.25. The van der Waals surface area contributed by atoms with Gasteiger partial charge in [-0.1, -0.05) is 57.6 Å². The van der Waals surface area contributed by atoms with E-state index in [2.05, 4.69) is 6.92 Å². The van der Waals surface area contributed by atoms with E-state index in [9.17, 15) is 4.79 Å². The van der Waals surface area contributed by atoms with Crippen LogP contribution in [0.25, 0.3) is 0 Å². The first kappa shape index (κ1) is 17.5. The maximum atomic E-state index is 11.2. The van der Waals surface area contributed by atoms with Gasteiger partial charge in [-0.05, 0) is 37.5 Å². The number of carbonyl (C=O) groups is 1. The van der Waals surface area contributed by atoms with Crippen LogP contribution in [0.1, 0.15) is 64.4 Å². The molecule has 0 saturated carbocycles. The minimum absolute atomic E-state index is 0.329. The average molecular weight is 292 g/mol. The molecule has 0 atom stereocenters. The molecule has 1 aromatic carbocycles. The quantitative estimate of drug-likeness (QED) is 0.324. The molecule has 1 aromatic rings. The molecule has 0 aliphatic rings. The first-order valence-corrected chi connectivity index (χ1v) is 8.19. The highest BCUT2D eigenvalue weighted by Crippen LogP contribution is 2.15. The molecule has 0 amide bonds. The van der Waals surface area contributed by atoms with Crippen molar-refractivity contribution in [3.63, 3.8) is 0 Å². The van der Waals surface area contributed by atoms with E-state index >= 15 is 0 Å². The van der Waals surface area contributed by atoms with E-state index in [0.29, 0.717) is 12.4 Å². The zero-order valence-corrected chi connectivity index (χ0v) is 13.4. The predicted molar refractivity (Wildman–Crippen MR) is 85.8 cm³/mol. The van der Waals surface area contributed by atoms with Gasteiger partial charge in [0.25, 0.3) is 0 Å². The number of aryl methyl sites for hydroxylation is 1.